The Morgan fingerprint density at radius 2 is 1.61 bits per heavy atom. The summed E-state index contributed by atoms with van der Waals surface area (Å²) in [7, 11) is 0. The highest BCUT2D eigenvalue weighted by Gasteiger charge is 2.29. The first-order valence-corrected chi connectivity index (χ1v) is 10.8. The lowest BCUT2D eigenvalue weighted by Crippen LogP contribution is -2.50. The molecule has 158 valence electrons. The molecular weight excluding hydrogens is 416 g/mol. The maximum atomic E-state index is 13.3. The molecule has 0 bridgehead atoms. The number of carbonyl (C=O) groups is 2. The summed E-state index contributed by atoms with van der Waals surface area (Å²) in [6, 6.07) is 6.96. The predicted octanol–water partition coefficient (Wildman–Crippen LogP) is 3.76. The van der Waals surface area contributed by atoms with Crippen molar-refractivity contribution in [3.05, 3.63) is 58.7 Å². The number of furan rings is 2. The number of aromatic nitrogens is 2. The first-order chi connectivity index (χ1) is 15.0. The maximum Gasteiger partial charge on any atom is 0.289 e. The molecule has 9 heteroatoms. The minimum Gasteiger partial charge on any atom is -0.461 e. The Hall–Kier alpha value is -3.46. The van der Waals surface area contributed by atoms with Gasteiger partial charge in [0.05, 0.1) is 23.1 Å². The molecule has 0 aliphatic carbocycles. The van der Waals surface area contributed by atoms with E-state index in [-0.39, 0.29) is 11.8 Å². The molecule has 0 unspecified atom stereocenters. The standard InChI is InChI=1S/C22H20N4O4S/c1-13-17-14(2)23-19(15-5-3-11-29-15)24-20(17)31-18(13)22(28)26-9-7-25(8-10-26)21(27)16-6-4-12-30-16/h3-6,11-12H,7-10H2,1-2H3. The van der Waals surface area contributed by atoms with E-state index in [0.29, 0.717) is 48.4 Å². The smallest absolute Gasteiger partial charge is 0.289 e. The minimum absolute atomic E-state index is 0.0375. The van der Waals surface area contributed by atoms with Crippen LogP contribution in [0.4, 0.5) is 0 Å². The van der Waals surface area contributed by atoms with Gasteiger partial charge in [0.15, 0.2) is 17.3 Å². The number of carbonyl (C=O) groups excluding carboxylic acids is 2. The maximum absolute atomic E-state index is 13.3. The van der Waals surface area contributed by atoms with Crippen LogP contribution in [-0.4, -0.2) is 57.8 Å². The molecule has 0 atom stereocenters. The Morgan fingerprint density at radius 3 is 2.26 bits per heavy atom. The third kappa shape index (κ3) is 3.40. The van der Waals surface area contributed by atoms with E-state index in [1.807, 2.05) is 19.9 Å². The van der Waals surface area contributed by atoms with Crippen molar-refractivity contribution in [2.45, 2.75) is 13.8 Å². The van der Waals surface area contributed by atoms with Crippen LogP contribution in [0.3, 0.4) is 0 Å². The fourth-order valence-corrected chi connectivity index (χ4v) is 5.07. The van der Waals surface area contributed by atoms with Crippen LogP contribution in [0.25, 0.3) is 21.8 Å². The molecule has 0 spiro atoms. The molecule has 1 fully saturated rings. The van der Waals surface area contributed by atoms with Gasteiger partial charge in [-0.05, 0) is 43.7 Å². The van der Waals surface area contributed by atoms with Crippen LogP contribution in [0.5, 0.6) is 0 Å². The number of rotatable bonds is 3. The van der Waals surface area contributed by atoms with Crippen molar-refractivity contribution in [1.82, 2.24) is 19.8 Å². The van der Waals surface area contributed by atoms with E-state index in [0.717, 1.165) is 21.5 Å². The summed E-state index contributed by atoms with van der Waals surface area (Å²) in [5.41, 5.74) is 1.71. The molecule has 4 aromatic rings. The van der Waals surface area contributed by atoms with Gasteiger partial charge in [-0.1, -0.05) is 0 Å². The fourth-order valence-electron chi connectivity index (χ4n) is 3.87. The second-order valence-corrected chi connectivity index (χ2v) is 8.41. The number of hydrogen-bond donors (Lipinski definition) is 0. The summed E-state index contributed by atoms with van der Waals surface area (Å²) in [5.74, 6) is 1.25. The van der Waals surface area contributed by atoms with Crippen LogP contribution in [-0.2, 0) is 0 Å². The summed E-state index contributed by atoms with van der Waals surface area (Å²) < 4.78 is 10.6. The summed E-state index contributed by atoms with van der Waals surface area (Å²) >= 11 is 1.38. The van der Waals surface area contributed by atoms with Gasteiger partial charge in [0, 0.05) is 31.6 Å². The van der Waals surface area contributed by atoms with Crippen molar-refractivity contribution < 1.29 is 18.4 Å². The van der Waals surface area contributed by atoms with Crippen LogP contribution in [0.1, 0.15) is 31.5 Å². The molecule has 8 nitrogen and oxygen atoms in total. The topological polar surface area (TPSA) is 92.7 Å². The van der Waals surface area contributed by atoms with Gasteiger partial charge in [0.1, 0.15) is 4.83 Å². The van der Waals surface area contributed by atoms with Crippen LogP contribution in [0, 0.1) is 13.8 Å². The molecule has 1 aliphatic rings. The van der Waals surface area contributed by atoms with Gasteiger partial charge in [-0.25, -0.2) is 9.97 Å². The zero-order chi connectivity index (χ0) is 21.5. The number of nitrogens with zero attached hydrogens (tertiary/aromatic N) is 4. The zero-order valence-corrected chi connectivity index (χ0v) is 17.9. The summed E-state index contributed by atoms with van der Waals surface area (Å²) in [4.78, 5) is 39.9. The SMILES string of the molecule is Cc1nc(-c2ccco2)nc2sc(C(=O)N3CCN(C(=O)c4ccco4)CC3)c(C)c12. The molecule has 31 heavy (non-hydrogen) atoms. The lowest BCUT2D eigenvalue weighted by Gasteiger charge is -2.34. The second kappa shape index (κ2) is 7.66. The van der Waals surface area contributed by atoms with E-state index in [9.17, 15) is 9.59 Å². The van der Waals surface area contributed by atoms with E-state index >= 15 is 0 Å². The van der Waals surface area contributed by atoms with Gasteiger partial charge in [0.25, 0.3) is 11.8 Å². The molecule has 0 aromatic carbocycles. The van der Waals surface area contributed by atoms with E-state index < -0.39 is 0 Å². The highest BCUT2D eigenvalue weighted by Crippen LogP contribution is 2.34. The highest BCUT2D eigenvalue weighted by atomic mass is 32.1. The molecular formula is C22H20N4O4S. The predicted molar refractivity (Wildman–Crippen MR) is 115 cm³/mol. The molecule has 0 saturated carbocycles. The number of thiophene rings is 1. The molecule has 0 N–H and O–H groups in total. The third-order valence-electron chi connectivity index (χ3n) is 5.49. The Kier molecular flexibility index (Phi) is 4.82. The summed E-state index contributed by atoms with van der Waals surface area (Å²) in [6.07, 6.45) is 3.07. The van der Waals surface area contributed by atoms with Crippen molar-refractivity contribution >= 4 is 33.4 Å². The van der Waals surface area contributed by atoms with Crippen LogP contribution < -0.4 is 0 Å². The van der Waals surface area contributed by atoms with Crippen molar-refractivity contribution in [1.29, 1.82) is 0 Å². The molecule has 1 saturated heterocycles. The Balaban J connectivity index is 1.37. The minimum atomic E-state index is -0.147. The van der Waals surface area contributed by atoms with Crippen LogP contribution in [0.2, 0.25) is 0 Å². The zero-order valence-electron chi connectivity index (χ0n) is 17.1. The molecule has 5 heterocycles. The van der Waals surface area contributed by atoms with Crippen molar-refractivity contribution in [2.24, 2.45) is 0 Å². The monoisotopic (exact) mass is 436 g/mol. The van der Waals surface area contributed by atoms with E-state index in [1.54, 1.807) is 34.3 Å². The average molecular weight is 436 g/mol. The largest absolute Gasteiger partial charge is 0.461 e. The van der Waals surface area contributed by atoms with Gasteiger partial charge >= 0.3 is 0 Å². The molecule has 4 aromatic heterocycles. The van der Waals surface area contributed by atoms with Gasteiger partial charge in [0.2, 0.25) is 0 Å². The second-order valence-electron chi connectivity index (χ2n) is 7.41. The van der Waals surface area contributed by atoms with Crippen molar-refractivity contribution in [2.75, 3.05) is 26.2 Å². The number of amides is 2. The lowest BCUT2D eigenvalue weighted by atomic mass is 10.1. The van der Waals surface area contributed by atoms with Crippen LogP contribution in [0.15, 0.2) is 45.6 Å². The summed E-state index contributed by atoms with van der Waals surface area (Å²) in [6.45, 7) is 5.74. The highest BCUT2D eigenvalue weighted by molar-refractivity contribution is 7.20. The number of fused-ring (bicyclic) bond motifs is 1. The quantitative estimate of drug-likeness (QED) is 0.486. The number of hydrogen-bond acceptors (Lipinski definition) is 7. The van der Waals surface area contributed by atoms with Gasteiger partial charge in [-0.3, -0.25) is 9.59 Å². The first-order valence-electron chi connectivity index (χ1n) is 9.96. The van der Waals surface area contributed by atoms with E-state index in [2.05, 4.69) is 9.97 Å². The number of aryl methyl sites for hydroxylation is 2. The Bertz CT molecular complexity index is 1250. The first kappa shape index (κ1) is 19.5. The van der Waals surface area contributed by atoms with Crippen molar-refractivity contribution in [3.63, 3.8) is 0 Å². The lowest BCUT2D eigenvalue weighted by molar-refractivity contribution is 0.0520. The summed E-state index contributed by atoms with van der Waals surface area (Å²) in [5, 5.41) is 0.912. The van der Waals surface area contributed by atoms with E-state index in [1.165, 1.54) is 17.6 Å². The molecule has 5 rings (SSSR count). The average Bonchev–Trinajstić information content (AvgIpc) is 3.54. The molecule has 0 radical (unpaired) electrons. The Labute approximate surface area is 182 Å². The van der Waals surface area contributed by atoms with Crippen LogP contribution >= 0.6 is 11.3 Å². The fraction of sp³-hybridized carbons (Fsp3) is 0.273. The van der Waals surface area contributed by atoms with E-state index in [4.69, 9.17) is 8.83 Å². The molecule has 1 aliphatic heterocycles. The Morgan fingerprint density at radius 1 is 0.935 bits per heavy atom. The van der Waals surface area contributed by atoms with Gasteiger partial charge in [-0.15, -0.1) is 11.3 Å². The normalized spacial score (nSPS) is 14.4. The molecule has 2 amide bonds. The van der Waals surface area contributed by atoms with Gasteiger partial charge < -0.3 is 18.6 Å². The van der Waals surface area contributed by atoms with Gasteiger partial charge in [-0.2, -0.15) is 0 Å². The third-order valence-corrected chi connectivity index (χ3v) is 6.67. The van der Waals surface area contributed by atoms with Crippen molar-refractivity contribution in [3.8, 4) is 11.6 Å². The number of piperazine rings is 1.